The molecule has 1 fully saturated rings. The molecule has 1 aliphatic heterocycles. The van der Waals surface area contributed by atoms with Crippen LogP contribution in [0.15, 0.2) is 24.3 Å². The number of esters is 1. The van der Waals surface area contributed by atoms with Gasteiger partial charge in [-0.2, -0.15) is 0 Å². The molecule has 138 valence electrons. The highest BCUT2D eigenvalue weighted by molar-refractivity contribution is 5.98. The standard InChI is InChI=1S/C19H23N3O4/c1-13-16(10-14-4-5-15(25-2)11-17(14)20-13)19(24)22-8-6-21(7-9-22)12-18(23)26-3/h4-5,10-11H,6-9,12H2,1-3H3. The number of ether oxygens (including phenoxy) is 2. The lowest BCUT2D eigenvalue weighted by atomic mass is 10.1. The quantitative estimate of drug-likeness (QED) is 0.772. The number of methoxy groups -OCH3 is 2. The summed E-state index contributed by atoms with van der Waals surface area (Å²) in [6, 6.07) is 7.52. The van der Waals surface area contributed by atoms with E-state index >= 15 is 0 Å². The number of aromatic nitrogens is 1. The molecule has 0 spiro atoms. The zero-order chi connectivity index (χ0) is 18.7. The topological polar surface area (TPSA) is 72.0 Å². The Morgan fingerprint density at radius 1 is 1.12 bits per heavy atom. The van der Waals surface area contributed by atoms with Crippen LogP contribution in [0.4, 0.5) is 0 Å². The summed E-state index contributed by atoms with van der Waals surface area (Å²) in [5.74, 6) is 0.463. The van der Waals surface area contributed by atoms with Gasteiger partial charge in [0.25, 0.3) is 5.91 Å². The average Bonchev–Trinajstić information content (AvgIpc) is 2.66. The van der Waals surface area contributed by atoms with E-state index in [9.17, 15) is 9.59 Å². The molecule has 1 saturated heterocycles. The van der Waals surface area contributed by atoms with E-state index in [2.05, 4.69) is 4.98 Å². The minimum absolute atomic E-state index is 0.0227. The zero-order valence-electron chi connectivity index (χ0n) is 15.3. The third-order valence-corrected chi connectivity index (χ3v) is 4.69. The molecule has 0 bridgehead atoms. The summed E-state index contributed by atoms with van der Waals surface area (Å²) in [5, 5.41) is 0.907. The summed E-state index contributed by atoms with van der Waals surface area (Å²) in [6.07, 6.45) is 0. The number of benzene rings is 1. The first kappa shape index (κ1) is 18.1. The van der Waals surface area contributed by atoms with Gasteiger partial charge in [-0.05, 0) is 25.1 Å². The lowest BCUT2D eigenvalue weighted by Gasteiger charge is -2.34. The van der Waals surface area contributed by atoms with Gasteiger partial charge in [-0.25, -0.2) is 0 Å². The normalized spacial score (nSPS) is 15.1. The van der Waals surface area contributed by atoms with Crippen LogP contribution in [0.25, 0.3) is 10.9 Å². The second-order valence-electron chi connectivity index (χ2n) is 6.32. The number of amides is 1. The Morgan fingerprint density at radius 3 is 2.50 bits per heavy atom. The van der Waals surface area contributed by atoms with E-state index in [0.717, 1.165) is 16.7 Å². The Bertz CT molecular complexity index is 829. The summed E-state index contributed by atoms with van der Waals surface area (Å²) >= 11 is 0. The molecule has 1 aromatic heterocycles. The Labute approximate surface area is 152 Å². The molecule has 7 nitrogen and oxygen atoms in total. The molecule has 0 N–H and O–H groups in total. The van der Waals surface area contributed by atoms with Crippen LogP contribution in [0.1, 0.15) is 16.1 Å². The third-order valence-electron chi connectivity index (χ3n) is 4.69. The smallest absolute Gasteiger partial charge is 0.319 e. The van der Waals surface area contributed by atoms with Crippen molar-refractivity contribution in [3.63, 3.8) is 0 Å². The van der Waals surface area contributed by atoms with Gasteiger partial charge < -0.3 is 14.4 Å². The number of pyridine rings is 1. The van der Waals surface area contributed by atoms with Crippen molar-refractivity contribution in [2.75, 3.05) is 46.9 Å². The summed E-state index contributed by atoms with van der Waals surface area (Å²) in [6.45, 7) is 4.57. The van der Waals surface area contributed by atoms with Crippen molar-refractivity contribution in [1.82, 2.24) is 14.8 Å². The summed E-state index contributed by atoms with van der Waals surface area (Å²) in [4.78, 5) is 32.7. The van der Waals surface area contributed by atoms with Gasteiger partial charge in [-0.1, -0.05) is 0 Å². The molecule has 1 amide bonds. The van der Waals surface area contributed by atoms with Gasteiger partial charge in [-0.15, -0.1) is 0 Å². The van der Waals surface area contributed by atoms with Crippen molar-refractivity contribution in [2.45, 2.75) is 6.92 Å². The number of fused-ring (bicyclic) bond motifs is 1. The van der Waals surface area contributed by atoms with E-state index in [1.807, 2.05) is 41.0 Å². The molecule has 0 atom stereocenters. The zero-order valence-corrected chi connectivity index (χ0v) is 15.3. The number of piperazine rings is 1. The van der Waals surface area contributed by atoms with E-state index < -0.39 is 0 Å². The number of aryl methyl sites for hydroxylation is 1. The molecule has 7 heteroatoms. The molecule has 1 aromatic carbocycles. The van der Waals surface area contributed by atoms with Crippen LogP contribution in [0, 0.1) is 6.92 Å². The van der Waals surface area contributed by atoms with Crippen LogP contribution >= 0.6 is 0 Å². The first-order valence-corrected chi connectivity index (χ1v) is 8.55. The number of hydrogen-bond donors (Lipinski definition) is 0. The highest BCUT2D eigenvalue weighted by Crippen LogP contribution is 2.22. The van der Waals surface area contributed by atoms with Crippen molar-refractivity contribution in [3.8, 4) is 5.75 Å². The van der Waals surface area contributed by atoms with Crippen LogP contribution in [0.3, 0.4) is 0 Å². The maximum Gasteiger partial charge on any atom is 0.319 e. The molecule has 2 heterocycles. The van der Waals surface area contributed by atoms with E-state index in [1.54, 1.807) is 7.11 Å². The van der Waals surface area contributed by atoms with E-state index in [4.69, 9.17) is 9.47 Å². The number of carbonyl (C=O) groups is 2. The van der Waals surface area contributed by atoms with Crippen LogP contribution in [0.2, 0.25) is 0 Å². The van der Waals surface area contributed by atoms with E-state index in [1.165, 1.54) is 7.11 Å². The number of carbonyl (C=O) groups excluding carboxylic acids is 2. The van der Waals surface area contributed by atoms with Crippen molar-refractivity contribution in [3.05, 3.63) is 35.5 Å². The monoisotopic (exact) mass is 357 g/mol. The number of nitrogens with zero attached hydrogens (tertiary/aromatic N) is 3. The number of rotatable bonds is 4. The van der Waals surface area contributed by atoms with Crippen LogP contribution < -0.4 is 4.74 Å². The molecule has 0 saturated carbocycles. The molecule has 0 radical (unpaired) electrons. The van der Waals surface area contributed by atoms with Crippen LogP contribution in [-0.2, 0) is 9.53 Å². The summed E-state index contributed by atoms with van der Waals surface area (Å²) in [7, 11) is 3.00. The Hall–Kier alpha value is -2.67. The van der Waals surface area contributed by atoms with Crippen molar-refractivity contribution >= 4 is 22.8 Å². The van der Waals surface area contributed by atoms with Crippen LogP contribution in [-0.4, -0.2) is 73.6 Å². The fourth-order valence-corrected chi connectivity index (χ4v) is 3.11. The SMILES string of the molecule is COC(=O)CN1CCN(C(=O)c2cc3ccc(OC)cc3nc2C)CC1. The van der Waals surface area contributed by atoms with Crippen molar-refractivity contribution < 1.29 is 19.1 Å². The molecule has 26 heavy (non-hydrogen) atoms. The maximum absolute atomic E-state index is 12.9. The highest BCUT2D eigenvalue weighted by atomic mass is 16.5. The second kappa shape index (κ2) is 7.70. The lowest BCUT2D eigenvalue weighted by molar-refractivity contribution is -0.142. The fraction of sp³-hybridized carbons (Fsp3) is 0.421. The lowest BCUT2D eigenvalue weighted by Crippen LogP contribution is -2.50. The molecular formula is C19H23N3O4. The predicted molar refractivity (Wildman–Crippen MR) is 97.4 cm³/mol. The largest absolute Gasteiger partial charge is 0.497 e. The minimum Gasteiger partial charge on any atom is -0.497 e. The Kier molecular flexibility index (Phi) is 5.37. The van der Waals surface area contributed by atoms with Gasteiger partial charge >= 0.3 is 5.97 Å². The molecule has 1 aliphatic rings. The maximum atomic E-state index is 12.9. The highest BCUT2D eigenvalue weighted by Gasteiger charge is 2.25. The van der Waals surface area contributed by atoms with Gasteiger partial charge in [0.2, 0.25) is 0 Å². The third kappa shape index (κ3) is 3.77. The van der Waals surface area contributed by atoms with E-state index in [-0.39, 0.29) is 18.4 Å². The number of hydrogen-bond acceptors (Lipinski definition) is 6. The molecular weight excluding hydrogens is 334 g/mol. The molecule has 0 aliphatic carbocycles. The first-order valence-electron chi connectivity index (χ1n) is 8.55. The summed E-state index contributed by atoms with van der Waals surface area (Å²) in [5.41, 5.74) is 2.12. The van der Waals surface area contributed by atoms with Crippen LogP contribution in [0.5, 0.6) is 5.75 Å². The predicted octanol–water partition coefficient (Wildman–Crippen LogP) is 1.48. The van der Waals surface area contributed by atoms with Crippen molar-refractivity contribution in [2.24, 2.45) is 0 Å². The second-order valence-corrected chi connectivity index (χ2v) is 6.32. The fourth-order valence-electron chi connectivity index (χ4n) is 3.11. The van der Waals surface area contributed by atoms with Gasteiger partial charge in [0.05, 0.1) is 37.5 Å². The minimum atomic E-state index is -0.255. The first-order chi connectivity index (χ1) is 12.5. The molecule has 0 unspecified atom stereocenters. The van der Waals surface area contributed by atoms with Crippen molar-refractivity contribution in [1.29, 1.82) is 0 Å². The molecule has 3 rings (SSSR count). The Balaban J connectivity index is 1.74. The van der Waals surface area contributed by atoms with Gasteiger partial charge in [-0.3, -0.25) is 19.5 Å². The van der Waals surface area contributed by atoms with Gasteiger partial charge in [0.15, 0.2) is 0 Å². The van der Waals surface area contributed by atoms with E-state index in [0.29, 0.717) is 37.4 Å². The molecule has 2 aromatic rings. The average molecular weight is 357 g/mol. The Morgan fingerprint density at radius 2 is 1.85 bits per heavy atom. The summed E-state index contributed by atoms with van der Waals surface area (Å²) < 4.78 is 9.92. The van der Waals surface area contributed by atoms with Gasteiger partial charge in [0, 0.05) is 37.6 Å². The van der Waals surface area contributed by atoms with Gasteiger partial charge in [0.1, 0.15) is 5.75 Å².